The highest BCUT2D eigenvalue weighted by molar-refractivity contribution is 5.29. The molecule has 1 saturated heterocycles. The fourth-order valence-corrected chi connectivity index (χ4v) is 2.16. The predicted octanol–water partition coefficient (Wildman–Crippen LogP) is 3.30. The third kappa shape index (κ3) is 4.34. The van der Waals surface area contributed by atoms with Gasteiger partial charge in [-0.05, 0) is 31.0 Å². The van der Waals surface area contributed by atoms with E-state index in [9.17, 15) is 0 Å². The molecule has 0 radical (unpaired) electrons. The van der Waals surface area contributed by atoms with Crippen LogP contribution in [0.3, 0.4) is 0 Å². The highest BCUT2D eigenvalue weighted by Crippen LogP contribution is 2.26. The first-order chi connectivity index (χ1) is 8.34. The van der Waals surface area contributed by atoms with E-state index in [2.05, 4.69) is 69.3 Å². The van der Waals surface area contributed by atoms with Gasteiger partial charge in [-0.15, -0.1) is 0 Å². The van der Waals surface area contributed by atoms with Crippen molar-refractivity contribution in [2.24, 2.45) is 5.41 Å². The first-order valence-electron chi connectivity index (χ1n) is 6.82. The molecule has 0 aromatic rings. The molecule has 1 aliphatic heterocycles. The third-order valence-electron chi connectivity index (χ3n) is 3.54. The standard InChI is InChI=1S/C16H28N2/c1-7-15(16(3,4)5)9-8-14(2)18-12-10-17(6)11-13-18/h7-9H,2,10-13H2,1,3-6H3/b9-8-,15-7+. The van der Waals surface area contributed by atoms with E-state index in [1.807, 2.05) is 0 Å². The zero-order valence-electron chi connectivity index (χ0n) is 12.7. The maximum atomic E-state index is 4.19. The van der Waals surface area contributed by atoms with Crippen molar-refractivity contribution >= 4 is 0 Å². The van der Waals surface area contributed by atoms with Crippen molar-refractivity contribution in [2.45, 2.75) is 27.7 Å². The molecule has 1 aliphatic rings. The van der Waals surface area contributed by atoms with Crippen LogP contribution in [-0.4, -0.2) is 43.0 Å². The Hall–Kier alpha value is -1.02. The van der Waals surface area contributed by atoms with Gasteiger partial charge in [0.25, 0.3) is 0 Å². The maximum absolute atomic E-state index is 4.19. The molecule has 2 nitrogen and oxygen atoms in total. The lowest BCUT2D eigenvalue weighted by atomic mass is 9.86. The molecular weight excluding hydrogens is 220 g/mol. The summed E-state index contributed by atoms with van der Waals surface area (Å²) in [7, 11) is 2.17. The van der Waals surface area contributed by atoms with Crippen molar-refractivity contribution in [1.82, 2.24) is 9.80 Å². The maximum Gasteiger partial charge on any atom is 0.0306 e. The summed E-state index contributed by atoms with van der Waals surface area (Å²) in [6, 6.07) is 0. The molecule has 0 spiro atoms. The number of piperazine rings is 1. The monoisotopic (exact) mass is 248 g/mol. The van der Waals surface area contributed by atoms with Crippen molar-refractivity contribution < 1.29 is 0 Å². The number of allylic oxidation sites excluding steroid dienone is 4. The van der Waals surface area contributed by atoms with Gasteiger partial charge in [0.15, 0.2) is 0 Å². The lowest BCUT2D eigenvalue weighted by molar-refractivity contribution is 0.190. The molecule has 0 atom stereocenters. The van der Waals surface area contributed by atoms with Gasteiger partial charge in [-0.3, -0.25) is 0 Å². The Morgan fingerprint density at radius 1 is 1.06 bits per heavy atom. The lowest BCUT2D eigenvalue weighted by Crippen LogP contribution is -2.43. The zero-order valence-corrected chi connectivity index (χ0v) is 12.7. The Morgan fingerprint density at radius 3 is 2.06 bits per heavy atom. The van der Waals surface area contributed by atoms with Crippen LogP contribution in [0.2, 0.25) is 0 Å². The number of likely N-dealkylation sites (N-methyl/N-ethyl adjacent to an activating group) is 1. The Bertz CT molecular complexity index is 337. The first-order valence-corrected chi connectivity index (χ1v) is 6.82. The molecule has 0 aromatic heterocycles. The molecule has 0 saturated carbocycles. The lowest BCUT2D eigenvalue weighted by Gasteiger charge is -2.34. The smallest absolute Gasteiger partial charge is 0.0306 e. The van der Waals surface area contributed by atoms with Gasteiger partial charge in [0.2, 0.25) is 0 Å². The molecule has 18 heavy (non-hydrogen) atoms. The fourth-order valence-electron chi connectivity index (χ4n) is 2.16. The van der Waals surface area contributed by atoms with Crippen molar-refractivity contribution in [3.8, 4) is 0 Å². The normalized spacial score (nSPS) is 19.6. The van der Waals surface area contributed by atoms with Crippen LogP contribution in [0.25, 0.3) is 0 Å². The Morgan fingerprint density at radius 2 is 1.61 bits per heavy atom. The highest BCUT2D eigenvalue weighted by atomic mass is 15.2. The minimum atomic E-state index is 0.202. The van der Waals surface area contributed by atoms with Crippen LogP contribution in [0.1, 0.15) is 27.7 Å². The average Bonchev–Trinajstić information content (AvgIpc) is 2.28. The van der Waals surface area contributed by atoms with E-state index in [0.717, 1.165) is 31.9 Å². The molecule has 0 aliphatic carbocycles. The SMILES string of the molecule is C=C(/C=C\C(=C/C)C(C)(C)C)N1CCN(C)CC1. The summed E-state index contributed by atoms with van der Waals surface area (Å²) < 4.78 is 0. The largest absolute Gasteiger partial charge is 0.369 e. The van der Waals surface area contributed by atoms with Crippen LogP contribution in [0, 0.1) is 5.41 Å². The highest BCUT2D eigenvalue weighted by Gasteiger charge is 2.15. The van der Waals surface area contributed by atoms with Gasteiger partial charge in [0.1, 0.15) is 0 Å². The van der Waals surface area contributed by atoms with E-state index in [-0.39, 0.29) is 5.41 Å². The summed E-state index contributed by atoms with van der Waals surface area (Å²) in [5.74, 6) is 0. The van der Waals surface area contributed by atoms with E-state index >= 15 is 0 Å². The van der Waals surface area contributed by atoms with Crippen molar-refractivity contribution in [1.29, 1.82) is 0 Å². The van der Waals surface area contributed by atoms with Gasteiger partial charge < -0.3 is 9.80 Å². The summed E-state index contributed by atoms with van der Waals surface area (Å²) >= 11 is 0. The van der Waals surface area contributed by atoms with Crippen LogP contribution in [0.15, 0.2) is 36.1 Å². The predicted molar refractivity (Wildman–Crippen MR) is 80.6 cm³/mol. The summed E-state index contributed by atoms with van der Waals surface area (Å²) in [6.07, 6.45) is 6.56. The molecule has 102 valence electrons. The van der Waals surface area contributed by atoms with Gasteiger partial charge in [0.05, 0.1) is 0 Å². The van der Waals surface area contributed by atoms with Crippen molar-refractivity contribution in [3.63, 3.8) is 0 Å². The second-order valence-corrected chi connectivity index (χ2v) is 6.11. The number of rotatable bonds is 3. The minimum absolute atomic E-state index is 0.202. The molecular formula is C16H28N2. The van der Waals surface area contributed by atoms with Gasteiger partial charge in [-0.2, -0.15) is 0 Å². The summed E-state index contributed by atoms with van der Waals surface area (Å²) in [5, 5.41) is 0. The van der Waals surface area contributed by atoms with Gasteiger partial charge in [0, 0.05) is 31.9 Å². The Kier molecular flexibility index (Phi) is 5.21. The summed E-state index contributed by atoms with van der Waals surface area (Å²) in [6.45, 7) is 17.4. The van der Waals surface area contributed by atoms with E-state index in [0.29, 0.717) is 0 Å². The van der Waals surface area contributed by atoms with Crippen LogP contribution >= 0.6 is 0 Å². The molecule has 0 bridgehead atoms. The van der Waals surface area contributed by atoms with Crippen molar-refractivity contribution in [2.75, 3.05) is 33.2 Å². The minimum Gasteiger partial charge on any atom is -0.369 e. The number of nitrogens with zero attached hydrogens (tertiary/aromatic N) is 2. The van der Waals surface area contributed by atoms with E-state index in [1.165, 1.54) is 5.57 Å². The Balaban J connectivity index is 2.59. The fraction of sp³-hybridized carbons (Fsp3) is 0.625. The molecule has 2 heteroatoms. The number of hydrogen-bond acceptors (Lipinski definition) is 2. The second-order valence-electron chi connectivity index (χ2n) is 6.11. The van der Waals surface area contributed by atoms with Gasteiger partial charge in [-0.1, -0.05) is 39.5 Å². The summed E-state index contributed by atoms with van der Waals surface area (Å²) in [4.78, 5) is 4.73. The number of hydrogen-bond donors (Lipinski definition) is 0. The van der Waals surface area contributed by atoms with E-state index in [1.54, 1.807) is 0 Å². The molecule has 1 rings (SSSR count). The molecule has 1 fully saturated rings. The van der Waals surface area contributed by atoms with E-state index in [4.69, 9.17) is 0 Å². The Labute approximate surface area is 113 Å². The molecule has 0 unspecified atom stereocenters. The topological polar surface area (TPSA) is 6.48 Å². The van der Waals surface area contributed by atoms with Crippen LogP contribution in [-0.2, 0) is 0 Å². The average molecular weight is 248 g/mol. The molecule has 1 heterocycles. The van der Waals surface area contributed by atoms with Crippen LogP contribution in [0.5, 0.6) is 0 Å². The van der Waals surface area contributed by atoms with Gasteiger partial charge >= 0.3 is 0 Å². The molecule has 0 aromatic carbocycles. The van der Waals surface area contributed by atoms with E-state index < -0.39 is 0 Å². The van der Waals surface area contributed by atoms with Gasteiger partial charge in [-0.25, -0.2) is 0 Å². The summed E-state index contributed by atoms with van der Waals surface area (Å²) in [5.41, 5.74) is 2.69. The quantitative estimate of drug-likeness (QED) is 0.707. The molecule has 0 N–H and O–H groups in total. The third-order valence-corrected chi connectivity index (χ3v) is 3.54. The zero-order chi connectivity index (χ0) is 13.8. The first kappa shape index (κ1) is 15.0. The van der Waals surface area contributed by atoms with Crippen molar-refractivity contribution in [3.05, 3.63) is 36.1 Å². The van der Waals surface area contributed by atoms with Crippen LogP contribution in [0.4, 0.5) is 0 Å². The molecule has 0 amide bonds. The second kappa shape index (κ2) is 6.24. The van der Waals surface area contributed by atoms with Crippen LogP contribution < -0.4 is 0 Å².